The molecule has 0 radical (unpaired) electrons. The average molecular weight is 332 g/mol. The zero-order valence-corrected chi connectivity index (χ0v) is 14.5. The number of hydrogen-bond donors (Lipinski definition) is 0. The fraction of sp³-hybridized carbons (Fsp3) is 0. The van der Waals surface area contributed by atoms with Crippen molar-refractivity contribution >= 4 is 12.2 Å². The number of hydrogen-bond acceptors (Lipinski definition) is 0. The van der Waals surface area contributed by atoms with E-state index < -0.39 is 0 Å². The Kier molecular flexibility index (Phi) is 4.75. The van der Waals surface area contributed by atoms with Gasteiger partial charge in [-0.15, -0.1) is 0 Å². The van der Waals surface area contributed by atoms with E-state index >= 15 is 0 Å². The molecule has 0 spiro atoms. The van der Waals surface area contributed by atoms with Gasteiger partial charge in [-0.05, 0) is 33.4 Å². The summed E-state index contributed by atoms with van der Waals surface area (Å²) in [5.41, 5.74) is 7.43. The van der Waals surface area contributed by atoms with Gasteiger partial charge in [0.15, 0.2) is 0 Å². The summed E-state index contributed by atoms with van der Waals surface area (Å²) in [5.74, 6) is 0. The summed E-state index contributed by atoms with van der Waals surface area (Å²) in [6.07, 6.45) is 4.42. The highest BCUT2D eigenvalue weighted by Crippen LogP contribution is 2.28. The van der Waals surface area contributed by atoms with Crippen LogP contribution in [0.5, 0.6) is 0 Å². The molecular weight excluding hydrogens is 312 g/mol. The lowest BCUT2D eigenvalue weighted by Crippen LogP contribution is -1.84. The summed E-state index contributed by atoms with van der Waals surface area (Å²) < 4.78 is 0. The second-order valence-corrected chi connectivity index (χ2v) is 6.24. The third-order valence-electron chi connectivity index (χ3n) is 4.53. The topological polar surface area (TPSA) is 0 Å². The van der Waals surface area contributed by atoms with E-state index in [9.17, 15) is 0 Å². The standard InChI is InChI=1S/C26H20/c1-3-11-21(12-4-1)25-17-9-7-15-23(25)19-20-24-16-8-10-18-26(24)22-13-5-2-6-14-22/h1-20H. The van der Waals surface area contributed by atoms with Crippen LogP contribution in [0.1, 0.15) is 11.1 Å². The molecule has 0 aromatic heterocycles. The zero-order valence-electron chi connectivity index (χ0n) is 14.5. The third kappa shape index (κ3) is 3.50. The van der Waals surface area contributed by atoms with Gasteiger partial charge in [-0.1, -0.05) is 121 Å². The Morgan fingerprint density at radius 1 is 0.346 bits per heavy atom. The van der Waals surface area contributed by atoms with E-state index in [-0.39, 0.29) is 0 Å². The van der Waals surface area contributed by atoms with Crippen LogP contribution in [0.15, 0.2) is 109 Å². The second kappa shape index (κ2) is 7.67. The normalized spacial score (nSPS) is 10.9. The Morgan fingerprint density at radius 3 is 1.12 bits per heavy atom. The van der Waals surface area contributed by atoms with Gasteiger partial charge in [0.1, 0.15) is 0 Å². The Hall–Kier alpha value is -3.38. The molecule has 0 atom stereocenters. The first-order valence-corrected chi connectivity index (χ1v) is 8.89. The van der Waals surface area contributed by atoms with Crippen LogP contribution in [0.25, 0.3) is 34.4 Å². The monoisotopic (exact) mass is 332 g/mol. The lowest BCUT2D eigenvalue weighted by Gasteiger charge is -2.08. The van der Waals surface area contributed by atoms with Crippen LogP contribution in [-0.4, -0.2) is 0 Å². The Morgan fingerprint density at radius 2 is 0.692 bits per heavy atom. The maximum atomic E-state index is 2.21. The minimum Gasteiger partial charge on any atom is -0.0622 e. The Bertz CT molecular complexity index is 927. The van der Waals surface area contributed by atoms with Crippen molar-refractivity contribution in [3.63, 3.8) is 0 Å². The summed E-state index contributed by atoms with van der Waals surface area (Å²) in [6.45, 7) is 0. The van der Waals surface area contributed by atoms with Crippen molar-refractivity contribution in [3.05, 3.63) is 120 Å². The van der Waals surface area contributed by atoms with Gasteiger partial charge in [0.25, 0.3) is 0 Å². The average Bonchev–Trinajstić information content (AvgIpc) is 2.74. The van der Waals surface area contributed by atoms with Gasteiger partial charge in [-0.2, -0.15) is 0 Å². The van der Waals surface area contributed by atoms with Crippen LogP contribution in [-0.2, 0) is 0 Å². The van der Waals surface area contributed by atoms with E-state index in [2.05, 4.69) is 121 Å². The highest BCUT2D eigenvalue weighted by Gasteiger charge is 2.03. The molecule has 0 amide bonds. The van der Waals surface area contributed by atoms with Crippen LogP contribution in [0.3, 0.4) is 0 Å². The molecule has 0 fully saturated rings. The molecule has 124 valence electrons. The molecule has 0 saturated heterocycles. The molecule has 0 nitrogen and oxygen atoms in total. The molecule has 0 saturated carbocycles. The van der Waals surface area contributed by atoms with Gasteiger partial charge < -0.3 is 0 Å². The maximum absolute atomic E-state index is 2.21. The number of rotatable bonds is 4. The van der Waals surface area contributed by atoms with Crippen molar-refractivity contribution < 1.29 is 0 Å². The highest BCUT2D eigenvalue weighted by atomic mass is 14.1. The molecule has 26 heavy (non-hydrogen) atoms. The molecule has 4 rings (SSSR count). The summed E-state index contributed by atoms with van der Waals surface area (Å²) in [5, 5.41) is 0. The van der Waals surface area contributed by atoms with Crippen molar-refractivity contribution in [2.45, 2.75) is 0 Å². The van der Waals surface area contributed by atoms with E-state index in [1.165, 1.54) is 33.4 Å². The Balaban J connectivity index is 1.73. The molecular formula is C26H20. The van der Waals surface area contributed by atoms with Crippen LogP contribution >= 0.6 is 0 Å². The first kappa shape index (κ1) is 16.1. The van der Waals surface area contributed by atoms with Crippen LogP contribution < -0.4 is 0 Å². The molecule has 4 aromatic rings. The van der Waals surface area contributed by atoms with Gasteiger partial charge in [0.05, 0.1) is 0 Å². The van der Waals surface area contributed by atoms with Crippen molar-refractivity contribution in [1.29, 1.82) is 0 Å². The molecule has 0 aliphatic carbocycles. The van der Waals surface area contributed by atoms with Gasteiger partial charge in [0, 0.05) is 0 Å². The van der Waals surface area contributed by atoms with Gasteiger partial charge >= 0.3 is 0 Å². The molecule has 0 aliphatic heterocycles. The molecule has 0 heteroatoms. The predicted molar refractivity (Wildman–Crippen MR) is 113 cm³/mol. The first-order chi connectivity index (χ1) is 12.9. The van der Waals surface area contributed by atoms with E-state index in [4.69, 9.17) is 0 Å². The van der Waals surface area contributed by atoms with Gasteiger partial charge in [0.2, 0.25) is 0 Å². The summed E-state index contributed by atoms with van der Waals surface area (Å²) in [7, 11) is 0. The fourth-order valence-corrected chi connectivity index (χ4v) is 3.23. The van der Waals surface area contributed by atoms with Crippen molar-refractivity contribution in [2.24, 2.45) is 0 Å². The molecule has 4 aromatic carbocycles. The second-order valence-electron chi connectivity index (χ2n) is 6.24. The van der Waals surface area contributed by atoms with Crippen LogP contribution in [0.2, 0.25) is 0 Å². The first-order valence-electron chi connectivity index (χ1n) is 8.89. The molecule has 0 bridgehead atoms. The van der Waals surface area contributed by atoms with Gasteiger partial charge in [-0.3, -0.25) is 0 Å². The SMILES string of the molecule is C(=Cc1ccccc1-c1ccccc1)c1ccccc1-c1ccccc1. The predicted octanol–water partition coefficient (Wildman–Crippen LogP) is 7.19. The molecule has 0 unspecified atom stereocenters. The summed E-state index contributed by atoms with van der Waals surface area (Å²) in [4.78, 5) is 0. The zero-order chi connectivity index (χ0) is 17.6. The van der Waals surface area contributed by atoms with Crippen molar-refractivity contribution in [1.82, 2.24) is 0 Å². The third-order valence-corrected chi connectivity index (χ3v) is 4.53. The quantitative estimate of drug-likeness (QED) is 0.347. The van der Waals surface area contributed by atoms with E-state index in [1.54, 1.807) is 0 Å². The van der Waals surface area contributed by atoms with Crippen LogP contribution in [0, 0.1) is 0 Å². The van der Waals surface area contributed by atoms with Crippen LogP contribution in [0.4, 0.5) is 0 Å². The highest BCUT2D eigenvalue weighted by molar-refractivity contribution is 5.85. The van der Waals surface area contributed by atoms with E-state index in [0.717, 1.165) is 0 Å². The van der Waals surface area contributed by atoms with Crippen molar-refractivity contribution in [2.75, 3.05) is 0 Å². The van der Waals surface area contributed by atoms with E-state index in [0.29, 0.717) is 0 Å². The molecule has 0 N–H and O–H groups in total. The summed E-state index contributed by atoms with van der Waals surface area (Å²) in [6, 6.07) is 38.1. The molecule has 0 aliphatic rings. The van der Waals surface area contributed by atoms with Gasteiger partial charge in [-0.25, -0.2) is 0 Å². The van der Waals surface area contributed by atoms with Crippen molar-refractivity contribution in [3.8, 4) is 22.3 Å². The minimum absolute atomic E-state index is 1.22. The number of benzene rings is 4. The maximum Gasteiger partial charge on any atom is -0.0111 e. The summed E-state index contributed by atoms with van der Waals surface area (Å²) >= 11 is 0. The minimum atomic E-state index is 1.22. The largest absolute Gasteiger partial charge is 0.0622 e. The fourth-order valence-electron chi connectivity index (χ4n) is 3.23. The smallest absolute Gasteiger partial charge is 0.0111 e. The van der Waals surface area contributed by atoms with E-state index in [1.807, 2.05) is 0 Å². The molecule has 0 heterocycles. The Labute approximate surface area is 155 Å². The lowest BCUT2D eigenvalue weighted by atomic mass is 9.96. The lowest BCUT2D eigenvalue weighted by molar-refractivity contribution is 1.58.